The molecule has 1 aliphatic rings. The lowest BCUT2D eigenvalue weighted by molar-refractivity contribution is -0.122. The Bertz CT molecular complexity index is 870. The van der Waals surface area contributed by atoms with Crippen molar-refractivity contribution in [3.8, 4) is 5.75 Å². The quantitative estimate of drug-likeness (QED) is 0.720. The highest BCUT2D eigenvalue weighted by atomic mass is 19.1. The minimum atomic E-state index is -0.341. The van der Waals surface area contributed by atoms with E-state index in [4.69, 9.17) is 14.6 Å². The first-order valence-electron chi connectivity index (χ1n) is 9.97. The van der Waals surface area contributed by atoms with Gasteiger partial charge in [-0.15, -0.1) is 0 Å². The molecule has 2 N–H and O–H groups in total. The van der Waals surface area contributed by atoms with Crippen molar-refractivity contribution >= 4 is 18.2 Å². The van der Waals surface area contributed by atoms with Gasteiger partial charge in [-0.3, -0.25) is 9.78 Å². The Kier molecular flexibility index (Phi) is 8.60. The van der Waals surface area contributed by atoms with E-state index in [2.05, 4.69) is 10.3 Å². The summed E-state index contributed by atoms with van der Waals surface area (Å²) in [5, 5.41) is 9.96. The van der Waals surface area contributed by atoms with Gasteiger partial charge in [0, 0.05) is 31.4 Å². The lowest BCUT2D eigenvalue weighted by Crippen LogP contribution is -2.61. The fraction of sp³-hybridized carbons (Fsp3) is 0.409. The molecule has 8 nitrogen and oxygen atoms in total. The van der Waals surface area contributed by atoms with E-state index in [0.29, 0.717) is 18.8 Å². The summed E-state index contributed by atoms with van der Waals surface area (Å²) in [5.74, 6) is 0.416. The third-order valence-electron chi connectivity index (χ3n) is 5.18. The molecule has 1 aromatic heterocycles. The number of amides is 2. The van der Waals surface area contributed by atoms with Crippen molar-refractivity contribution < 1.29 is 23.8 Å². The van der Waals surface area contributed by atoms with Crippen LogP contribution in [0.5, 0.6) is 5.75 Å². The predicted octanol–water partition coefficient (Wildman–Crippen LogP) is 3.30. The molecule has 2 aromatic rings. The van der Waals surface area contributed by atoms with Gasteiger partial charge in [-0.25, -0.2) is 9.18 Å². The lowest BCUT2D eigenvalue weighted by Gasteiger charge is -2.45. The summed E-state index contributed by atoms with van der Waals surface area (Å²) in [6.07, 6.45) is 2.81. The molecule has 3 rings (SSSR count). The second-order valence-electron chi connectivity index (χ2n) is 7.39. The third-order valence-corrected chi connectivity index (χ3v) is 5.18. The van der Waals surface area contributed by atoms with Crippen LogP contribution in [0.1, 0.15) is 32.4 Å². The molecule has 1 aliphatic heterocycles. The molecule has 1 saturated heterocycles. The molecule has 0 spiro atoms. The first-order valence-corrected chi connectivity index (χ1v) is 9.97. The SMILES string of the molecule is COc1cccc([C@@H](C)NC(=O)N2[C@H](C)CN(c3ccncc3F)C[C@H]2C)c1.O=CO. The second-order valence-corrected chi connectivity index (χ2v) is 7.39. The van der Waals surface area contributed by atoms with Gasteiger partial charge in [0.2, 0.25) is 0 Å². The summed E-state index contributed by atoms with van der Waals surface area (Å²) in [6.45, 7) is 6.79. The first kappa shape index (κ1) is 23.9. The van der Waals surface area contributed by atoms with Crippen molar-refractivity contribution in [2.45, 2.75) is 38.9 Å². The van der Waals surface area contributed by atoms with Crippen LogP contribution in [0.2, 0.25) is 0 Å². The molecular weight excluding hydrogens is 403 g/mol. The van der Waals surface area contributed by atoms with E-state index in [0.717, 1.165) is 11.3 Å². The van der Waals surface area contributed by atoms with Gasteiger partial charge in [-0.1, -0.05) is 12.1 Å². The van der Waals surface area contributed by atoms with E-state index in [-0.39, 0.29) is 36.4 Å². The van der Waals surface area contributed by atoms with E-state index in [1.807, 2.05) is 54.8 Å². The normalized spacial score (nSPS) is 19.0. The number of aromatic nitrogens is 1. The average Bonchev–Trinajstić information content (AvgIpc) is 2.74. The number of nitrogens with one attached hydrogen (secondary N) is 1. The van der Waals surface area contributed by atoms with Crippen LogP contribution in [-0.2, 0) is 4.79 Å². The molecular formula is C22H29FN4O4. The molecule has 2 heterocycles. The number of anilines is 1. The summed E-state index contributed by atoms with van der Waals surface area (Å²) < 4.78 is 19.4. The second kappa shape index (κ2) is 11.1. The fourth-order valence-electron chi connectivity index (χ4n) is 3.80. The van der Waals surface area contributed by atoms with Crippen molar-refractivity contribution in [1.82, 2.24) is 15.2 Å². The summed E-state index contributed by atoms with van der Waals surface area (Å²) in [6, 6.07) is 8.94. The fourth-order valence-corrected chi connectivity index (χ4v) is 3.80. The maximum Gasteiger partial charge on any atom is 0.318 e. The molecule has 0 aliphatic carbocycles. The van der Waals surface area contributed by atoms with Crippen LogP contribution in [-0.4, -0.2) is 59.8 Å². The summed E-state index contributed by atoms with van der Waals surface area (Å²) in [4.78, 5) is 28.9. The van der Waals surface area contributed by atoms with Gasteiger partial charge in [0.15, 0.2) is 5.82 Å². The van der Waals surface area contributed by atoms with Gasteiger partial charge in [0.25, 0.3) is 6.47 Å². The molecule has 0 radical (unpaired) electrons. The largest absolute Gasteiger partial charge is 0.497 e. The highest BCUT2D eigenvalue weighted by Crippen LogP contribution is 2.25. The van der Waals surface area contributed by atoms with Crippen molar-refractivity contribution in [2.24, 2.45) is 0 Å². The van der Waals surface area contributed by atoms with E-state index >= 15 is 0 Å². The number of benzene rings is 1. The van der Waals surface area contributed by atoms with E-state index in [1.54, 1.807) is 19.4 Å². The average molecular weight is 432 g/mol. The number of methoxy groups -OCH3 is 1. The van der Waals surface area contributed by atoms with Crippen molar-refractivity contribution in [3.63, 3.8) is 0 Å². The maximum absolute atomic E-state index is 14.1. The zero-order valence-electron chi connectivity index (χ0n) is 18.2. The molecule has 0 bridgehead atoms. The Hall–Kier alpha value is -3.36. The third kappa shape index (κ3) is 6.07. The molecule has 0 saturated carbocycles. The van der Waals surface area contributed by atoms with E-state index < -0.39 is 0 Å². The summed E-state index contributed by atoms with van der Waals surface area (Å²) in [7, 11) is 1.62. The molecule has 31 heavy (non-hydrogen) atoms. The Balaban J connectivity index is 0.00000107. The number of halogens is 1. The summed E-state index contributed by atoms with van der Waals surface area (Å²) in [5.41, 5.74) is 1.50. The number of pyridine rings is 1. The van der Waals surface area contributed by atoms with E-state index in [1.165, 1.54) is 6.20 Å². The van der Waals surface area contributed by atoms with Crippen LogP contribution in [0.4, 0.5) is 14.9 Å². The van der Waals surface area contributed by atoms with Crippen LogP contribution in [0.3, 0.4) is 0 Å². The molecule has 9 heteroatoms. The molecule has 1 aromatic carbocycles. The number of hydrogen-bond acceptors (Lipinski definition) is 5. The molecule has 0 unspecified atom stereocenters. The zero-order chi connectivity index (χ0) is 23.0. The number of carbonyl (C=O) groups is 2. The van der Waals surface area contributed by atoms with Gasteiger partial charge in [-0.05, 0) is 44.5 Å². The van der Waals surface area contributed by atoms with Crippen molar-refractivity contribution in [3.05, 3.63) is 54.1 Å². The number of nitrogens with zero attached hydrogens (tertiary/aromatic N) is 3. The Morgan fingerprint density at radius 1 is 1.32 bits per heavy atom. The smallest absolute Gasteiger partial charge is 0.318 e. The Labute approximate surface area is 181 Å². The number of piperazine rings is 1. The van der Waals surface area contributed by atoms with Gasteiger partial charge in [0.1, 0.15) is 5.75 Å². The van der Waals surface area contributed by atoms with Gasteiger partial charge >= 0.3 is 6.03 Å². The standard InChI is InChI=1S/C21H27FN4O2.CH2O2/c1-14-12-25(20-8-9-23-11-19(20)22)13-15(2)26(14)21(27)24-16(3)17-6-5-7-18(10-17)28-4;2-1-3/h5-11,14-16H,12-13H2,1-4H3,(H,24,27);1H,(H,2,3)/t14-,15-,16-;/m1./s1. The molecule has 1 fully saturated rings. The number of urea groups is 1. The van der Waals surface area contributed by atoms with Gasteiger partial charge in [0.05, 0.1) is 25.0 Å². The number of carbonyl (C=O) groups excluding carboxylic acids is 1. The number of ether oxygens (including phenoxy) is 1. The predicted molar refractivity (Wildman–Crippen MR) is 116 cm³/mol. The van der Waals surface area contributed by atoms with Gasteiger partial charge < -0.3 is 25.0 Å². The van der Waals surface area contributed by atoms with Crippen molar-refractivity contribution in [1.29, 1.82) is 0 Å². The lowest BCUT2D eigenvalue weighted by atomic mass is 10.1. The Morgan fingerprint density at radius 2 is 1.97 bits per heavy atom. The van der Waals surface area contributed by atoms with Gasteiger partial charge in [-0.2, -0.15) is 0 Å². The monoisotopic (exact) mass is 432 g/mol. The first-order chi connectivity index (χ1) is 14.8. The minimum Gasteiger partial charge on any atom is -0.497 e. The van der Waals surface area contributed by atoms with Crippen LogP contribution in [0, 0.1) is 5.82 Å². The van der Waals surface area contributed by atoms with Crippen LogP contribution >= 0.6 is 0 Å². The van der Waals surface area contributed by atoms with Crippen LogP contribution in [0.15, 0.2) is 42.7 Å². The zero-order valence-corrected chi connectivity index (χ0v) is 18.2. The number of rotatable bonds is 4. The van der Waals surface area contributed by atoms with Crippen LogP contribution < -0.4 is 15.0 Å². The minimum absolute atomic E-state index is 0.0613. The topological polar surface area (TPSA) is 95.0 Å². The molecule has 3 atom stereocenters. The number of hydrogen-bond donors (Lipinski definition) is 2. The van der Waals surface area contributed by atoms with Crippen molar-refractivity contribution in [2.75, 3.05) is 25.1 Å². The van der Waals surface area contributed by atoms with Crippen LogP contribution in [0.25, 0.3) is 0 Å². The van der Waals surface area contributed by atoms with E-state index in [9.17, 15) is 9.18 Å². The summed E-state index contributed by atoms with van der Waals surface area (Å²) >= 11 is 0. The molecule has 2 amide bonds. The maximum atomic E-state index is 14.1. The highest BCUT2D eigenvalue weighted by Gasteiger charge is 2.34. The Morgan fingerprint density at radius 3 is 2.55 bits per heavy atom. The number of carboxylic acid groups (broad SMARTS) is 1. The molecule has 168 valence electrons. The highest BCUT2D eigenvalue weighted by molar-refractivity contribution is 5.76.